The summed E-state index contributed by atoms with van der Waals surface area (Å²) in [7, 11) is 1.49. The second-order valence-electron chi connectivity index (χ2n) is 2.86. The van der Waals surface area contributed by atoms with Crippen LogP contribution in [0.4, 0.5) is 0 Å². The fraction of sp³-hybridized carbons (Fsp3) is 0.222. The Kier molecular flexibility index (Phi) is 4.22. The number of amides is 2. The van der Waals surface area contributed by atoms with E-state index < -0.39 is 11.8 Å². The van der Waals surface area contributed by atoms with Crippen molar-refractivity contribution in [2.45, 2.75) is 6.54 Å². The fourth-order valence-corrected chi connectivity index (χ4v) is 1.00. The van der Waals surface area contributed by atoms with Gasteiger partial charge in [-0.2, -0.15) is 0 Å². The molecule has 1 rings (SSSR count). The molecule has 0 aliphatic carbocycles. The number of carbonyl (C=O) groups excluding carboxylic acids is 2. The quantitative estimate of drug-likeness (QED) is 0.256. The summed E-state index contributed by atoms with van der Waals surface area (Å²) in [4.78, 5) is 25.7. The highest BCUT2D eigenvalue weighted by molar-refractivity contribution is 6.34. The van der Waals surface area contributed by atoms with Gasteiger partial charge < -0.3 is 10.1 Å². The number of rotatable bonds is 3. The molecule has 1 heterocycles. The van der Waals surface area contributed by atoms with Gasteiger partial charge in [-0.3, -0.25) is 15.0 Å². The maximum absolute atomic E-state index is 11.1. The third-order valence-corrected chi connectivity index (χ3v) is 1.80. The van der Waals surface area contributed by atoms with Crippen molar-refractivity contribution in [1.82, 2.24) is 15.7 Å². The monoisotopic (exact) mass is 224 g/mol. The van der Waals surface area contributed by atoms with Gasteiger partial charge in [0, 0.05) is 18.8 Å². The first-order valence-corrected chi connectivity index (χ1v) is 4.45. The van der Waals surface area contributed by atoms with Crippen LogP contribution in [0, 0.1) is 0 Å². The van der Waals surface area contributed by atoms with E-state index in [9.17, 15) is 9.59 Å². The molecule has 1 aromatic rings. The van der Waals surface area contributed by atoms with Crippen LogP contribution in [0.3, 0.4) is 0 Å². The normalized spacial score (nSPS) is 9.38. The van der Waals surface area contributed by atoms with Crippen LogP contribution >= 0.6 is 0 Å². The maximum Gasteiger partial charge on any atom is 0.323 e. The van der Waals surface area contributed by atoms with Gasteiger partial charge in [-0.25, -0.2) is 10.8 Å². The van der Waals surface area contributed by atoms with E-state index in [0.717, 1.165) is 5.56 Å². The predicted molar refractivity (Wildman–Crippen MR) is 55.0 cm³/mol. The zero-order valence-electron chi connectivity index (χ0n) is 8.69. The van der Waals surface area contributed by atoms with Crippen molar-refractivity contribution in [2.75, 3.05) is 7.11 Å². The number of methoxy groups -OCH3 is 1. The van der Waals surface area contributed by atoms with E-state index in [4.69, 9.17) is 10.6 Å². The van der Waals surface area contributed by atoms with E-state index in [1.807, 2.05) is 0 Å². The lowest BCUT2D eigenvalue weighted by Gasteiger charge is -2.05. The number of hydrogen-bond acceptors (Lipinski definition) is 5. The van der Waals surface area contributed by atoms with Gasteiger partial charge in [-0.15, -0.1) is 0 Å². The Morgan fingerprint density at radius 1 is 1.50 bits per heavy atom. The summed E-state index contributed by atoms with van der Waals surface area (Å²) in [5.41, 5.74) is 2.50. The molecular weight excluding hydrogens is 212 g/mol. The molecule has 86 valence electrons. The lowest BCUT2D eigenvalue weighted by Crippen LogP contribution is -2.42. The van der Waals surface area contributed by atoms with Crippen LogP contribution in [0.15, 0.2) is 18.3 Å². The van der Waals surface area contributed by atoms with Crippen molar-refractivity contribution in [1.29, 1.82) is 0 Å². The van der Waals surface area contributed by atoms with E-state index in [-0.39, 0.29) is 6.54 Å². The molecule has 0 saturated heterocycles. The minimum absolute atomic E-state index is 0.200. The molecule has 7 nitrogen and oxygen atoms in total. The first-order chi connectivity index (χ1) is 7.67. The molecule has 2 amide bonds. The smallest absolute Gasteiger partial charge is 0.323 e. The van der Waals surface area contributed by atoms with Gasteiger partial charge in [0.25, 0.3) is 0 Å². The van der Waals surface area contributed by atoms with Crippen LogP contribution in [-0.2, 0) is 16.1 Å². The lowest BCUT2D eigenvalue weighted by molar-refractivity contribution is -0.139. The highest BCUT2D eigenvalue weighted by Crippen LogP contribution is 2.07. The Labute approximate surface area is 92.0 Å². The van der Waals surface area contributed by atoms with Gasteiger partial charge in [0.1, 0.15) is 0 Å². The van der Waals surface area contributed by atoms with Crippen molar-refractivity contribution in [3.8, 4) is 5.88 Å². The molecule has 0 saturated carbocycles. The number of pyridine rings is 1. The second-order valence-corrected chi connectivity index (χ2v) is 2.86. The molecule has 1 aromatic heterocycles. The number of hydrazine groups is 1. The maximum atomic E-state index is 11.1. The first kappa shape index (κ1) is 11.9. The molecule has 0 fully saturated rings. The Morgan fingerprint density at radius 3 is 2.88 bits per heavy atom. The average Bonchev–Trinajstić information content (AvgIpc) is 2.35. The van der Waals surface area contributed by atoms with Gasteiger partial charge in [-0.05, 0) is 11.6 Å². The van der Waals surface area contributed by atoms with Crippen molar-refractivity contribution in [3.05, 3.63) is 23.9 Å². The van der Waals surface area contributed by atoms with Crippen molar-refractivity contribution >= 4 is 11.8 Å². The average molecular weight is 224 g/mol. The largest absolute Gasteiger partial charge is 0.481 e. The molecule has 0 aromatic carbocycles. The number of nitrogens with one attached hydrogen (secondary N) is 2. The topological polar surface area (TPSA) is 106 Å². The summed E-state index contributed by atoms with van der Waals surface area (Å²) >= 11 is 0. The number of nitrogens with zero attached hydrogens (tertiary/aromatic N) is 1. The minimum atomic E-state index is -0.888. The fourth-order valence-electron chi connectivity index (χ4n) is 1.00. The number of aromatic nitrogens is 1. The number of carbonyl (C=O) groups is 2. The zero-order valence-corrected chi connectivity index (χ0v) is 8.69. The van der Waals surface area contributed by atoms with E-state index in [2.05, 4.69) is 10.3 Å². The minimum Gasteiger partial charge on any atom is -0.481 e. The summed E-state index contributed by atoms with van der Waals surface area (Å²) < 4.78 is 4.91. The third kappa shape index (κ3) is 3.21. The van der Waals surface area contributed by atoms with E-state index in [0.29, 0.717) is 5.88 Å². The van der Waals surface area contributed by atoms with E-state index >= 15 is 0 Å². The number of nitrogens with two attached hydrogens (primary N) is 1. The van der Waals surface area contributed by atoms with Crippen LogP contribution < -0.4 is 21.3 Å². The SMILES string of the molecule is COc1cc(CNC(=O)C(=O)NN)ccn1. The molecule has 7 heteroatoms. The van der Waals surface area contributed by atoms with Gasteiger partial charge in [0.2, 0.25) is 5.88 Å². The Morgan fingerprint density at radius 2 is 2.25 bits per heavy atom. The van der Waals surface area contributed by atoms with Crippen LogP contribution in [0.25, 0.3) is 0 Å². The number of hydrogen-bond donors (Lipinski definition) is 3. The van der Waals surface area contributed by atoms with Crippen molar-refractivity contribution in [2.24, 2.45) is 5.84 Å². The Hall–Kier alpha value is -2.15. The highest BCUT2D eigenvalue weighted by atomic mass is 16.5. The number of ether oxygens (including phenoxy) is 1. The lowest BCUT2D eigenvalue weighted by atomic mass is 10.2. The van der Waals surface area contributed by atoms with Crippen molar-refractivity contribution in [3.63, 3.8) is 0 Å². The summed E-state index contributed by atoms with van der Waals surface area (Å²) in [5.74, 6) is 3.56. The molecule has 0 bridgehead atoms. The van der Waals surface area contributed by atoms with Crippen molar-refractivity contribution < 1.29 is 14.3 Å². The van der Waals surface area contributed by atoms with Crippen LogP contribution in [-0.4, -0.2) is 23.9 Å². The molecule has 4 N–H and O–H groups in total. The molecule has 0 radical (unpaired) electrons. The first-order valence-electron chi connectivity index (χ1n) is 4.45. The van der Waals surface area contributed by atoms with Gasteiger partial charge in [0.05, 0.1) is 7.11 Å². The molecular formula is C9H12N4O3. The van der Waals surface area contributed by atoms with Gasteiger partial charge in [-0.1, -0.05) is 0 Å². The molecule has 0 unspecified atom stereocenters. The predicted octanol–water partition coefficient (Wildman–Crippen LogP) is -1.30. The second kappa shape index (κ2) is 5.66. The Balaban J connectivity index is 2.54. The molecule has 0 aliphatic heterocycles. The third-order valence-electron chi connectivity index (χ3n) is 1.80. The highest BCUT2D eigenvalue weighted by Gasteiger charge is 2.10. The summed E-state index contributed by atoms with van der Waals surface area (Å²) in [6, 6.07) is 3.35. The van der Waals surface area contributed by atoms with Crippen LogP contribution in [0.5, 0.6) is 5.88 Å². The van der Waals surface area contributed by atoms with E-state index in [1.165, 1.54) is 7.11 Å². The van der Waals surface area contributed by atoms with Crippen LogP contribution in [0.1, 0.15) is 5.56 Å². The molecule has 16 heavy (non-hydrogen) atoms. The zero-order chi connectivity index (χ0) is 12.0. The molecule has 0 aliphatic rings. The van der Waals surface area contributed by atoms with Crippen LogP contribution in [0.2, 0.25) is 0 Å². The summed E-state index contributed by atoms with van der Waals surface area (Å²) in [5, 5.41) is 2.39. The summed E-state index contributed by atoms with van der Waals surface area (Å²) in [6.45, 7) is 0.200. The summed E-state index contributed by atoms with van der Waals surface area (Å²) in [6.07, 6.45) is 1.54. The van der Waals surface area contributed by atoms with Gasteiger partial charge >= 0.3 is 11.8 Å². The molecule has 0 spiro atoms. The Bertz CT molecular complexity index is 394. The van der Waals surface area contributed by atoms with Gasteiger partial charge in [0.15, 0.2) is 0 Å². The molecule has 0 atom stereocenters. The standard InChI is InChI=1S/C9H12N4O3/c1-16-7-4-6(2-3-11-7)5-12-8(14)9(15)13-10/h2-4H,5,10H2,1H3,(H,12,14)(H,13,15). The van der Waals surface area contributed by atoms with E-state index in [1.54, 1.807) is 23.8 Å².